The van der Waals surface area contributed by atoms with E-state index < -0.39 is 17.9 Å². The number of furan rings is 1. The van der Waals surface area contributed by atoms with Crippen molar-refractivity contribution in [3.63, 3.8) is 0 Å². The van der Waals surface area contributed by atoms with Crippen LogP contribution in [0.3, 0.4) is 0 Å². The molecule has 0 aliphatic carbocycles. The van der Waals surface area contributed by atoms with Gasteiger partial charge in [-0.2, -0.15) is 0 Å². The minimum Gasteiger partial charge on any atom is -0.463 e. The summed E-state index contributed by atoms with van der Waals surface area (Å²) in [6.07, 6.45) is 0.903. The van der Waals surface area contributed by atoms with Gasteiger partial charge in [-0.1, -0.05) is 0 Å². The van der Waals surface area contributed by atoms with Gasteiger partial charge in [0, 0.05) is 6.54 Å². The second-order valence-electron chi connectivity index (χ2n) is 5.61. The van der Waals surface area contributed by atoms with Crippen molar-refractivity contribution >= 4 is 11.8 Å². The van der Waals surface area contributed by atoms with Crippen molar-refractivity contribution in [1.29, 1.82) is 0 Å². The summed E-state index contributed by atoms with van der Waals surface area (Å²) in [5.74, 6) is -0.692. The summed E-state index contributed by atoms with van der Waals surface area (Å²) in [6, 6.07) is 3.61. The molecule has 2 heterocycles. The summed E-state index contributed by atoms with van der Waals surface area (Å²) in [5, 5.41) is 14.1. The first-order chi connectivity index (χ1) is 11.1. The van der Waals surface area contributed by atoms with Crippen molar-refractivity contribution in [2.24, 2.45) is 0 Å². The number of nitrogens with one attached hydrogen (secondary N) is 3. The highest BCUT2D eigenvalue weighted by atomic mass is 16.5. The van der Waals surface area contributed by atoms with Crippen LogP contribution < -0.4 is 15.5 Å². The lowest BCUT2D eigenvalue weighted by molar-refractivity contribution is -0.938. The van der Waals surface area contributed by atoms with Gasteiger partial charge < -0.3 is 29.8 Å². The van der Waals surface area contributed by atoms with Crippen LogP contribution in [-0.2, 0) is 14.3 Å². The number of hydrogen-bond acceptors (Lipinski definition) is 5. The number of aliphatic hydroxyl groups excluding tert-OH is 1. The molecule has 1 saturated heterocycles. The molecule has 8 nitrogen and oxygen atoms in total. The van der Waals surface area contributed by atoms with Gasteiger partial charge in [-0.3, -0.25) is 9.59 Å². The summed E-state index contributed by atoms with van der Waals surface area (Å²) in [7, 11) is 0. The molecule has 128 valence electrons. The van der Waals surface area contributed by atoms with E-state index in [1.165, 1.54) is 11.8 Å². The third-order valence-electron chi connectivity index (χ3n) is 3.75. The monoisotopic (exact) mass is 326 g/mol. The molecule has 1 aromatic heterocycles. The number of amides is 2. The fraction of sp³-hybridized carbons (Fsp3) is 0.600. The first-order valence-corrected chi connectivity index (χ1v) is 7.77. The van der Waals surface area contributed by atoms with Gasteiger partial charge in [-0.15, -0.1) is 0 Å². The summed E-state index contributed by atoms with van der Waals surface area (Å²) in [6.45, 7) is 4.83. The van der Waals surface area contributed by atoms with Crippen molar-refractivity contribution in [2.45, 2.75) is 19.1 Å². The second kappa shape index (κ2) is 8.66. The number of ether oxygens (including phenoxy) is 1. The van der Waals surface area contributed by atoms with Gasteiger partial charge in [0.2, 0.25) is 0 Å². The Labute approximate surface area is 134 Å². The van der Waals surface area contributed by atoms with Crippen LogP contribution >= 0.6 is 0 Å². The topological polar surface area (TPSA) is 105 Å². The Morgan fingerprint density at radius 2 is 1.91 bits per heavy atom. The SMILES string of the molecule is C[C@H](O)CNC(=O)C(=O)NC[C@H](c1ccco1)[NH+]1CCOCC1. The fourth-order valence-corrected chi connectivity index (χ4v) is 2.51. The molecule has 0 radical (unpaired) electrons. The van der Waals surface area contributed by atoms with Crippen molar-refractivity contribution in [2.75, 3.05) is 39.4 Å². The van der Waals surface area contributed by atoms with E-state index in [1.54, 1.807) is 12.3 Å². The second-order valence-corrected chi connectivity index (χ2v) is 5.61. The molecule has 0 spiro atoms. The number of carbonyl (C=O) groups is 2. The molecule has 2 amide bonds. The molecule has 1 aliphatic rings. The Balaban J connectivity index is 1.90. The smallest absolute Gasteiger partial charge is 0.309 e. The van der Waals surface area contributed by atoms with E-state index in [1.807, 2.05) is 6.07 Å². The van der Waals surface area contributed by atoms with Gasteiger partial charge in [0.15, 0.2) is 11.8 Å². The predicted octanol–water partition coefficient (Wildman–Crippen LogP) is -2.15. The highest BCUT2D eigenvalue weighted by Gasteiger charge is 2.29. The zero-order valence-corrected chi connectivity index (χ0v) is 13.2. The molecule has 2 rings (SSSR count). The molecule has 0 saturated carbocycles. The van der Waals surface area contributed by atoms with Crippen LogP contribution in [-0.4, -0.2) is 62.4 Å². The van der Waals surface area contributed by atoms with Gasteiger partial charge >= 0.3 is 11.8 Å². The van der Waals surface area contributed by atoms with E-state index >= 15 is 0 Å². The van der Waals surface area contributed by atoms with Crippen molar-refractivity contribution in [3.8, 4) is 0 Å². The summed E-state index contributed by atoms with van der Waals surface area (Å²) in [4.78, 5) is 24.7. The largest absolute Gasteiger partial charge is 0.463 e. The first kappa shape index (κ1) is 17.5. The number of rotatable bonds is 6. The van der Waals surface area contributed by atoms with Crippen LogP contribution in [0.25, 0.3) is 0 Å². The van der Waals surface area contributed by atoms with Crippen molar-refractivity contribution < 1.29 is 28.7 Å². The average molecular weight is 326 g/mol. The lowest BCUT2D eigenvalue weighted by Gasteiger charge is -2.30. The van der Waals surface area contributed by atoms with Crippen molar-refractivity contribution in [1.82, 2.24) is 10.6 Å². The standard InChI is InChI=1S/C15H23N3O5/c1-11(19)9-16-14(20)15(21)17-10-12(13-3-2-6-23-13)18-4-7-22-8-5-18/h2-3,6,11-12,19H,4-5,7-10H2,1H3,(H,16,20)(H,17,21)/p+1/t11-,12+/m0/s1. The van der Waals surface area contributed by atoms with Crippen LogP contribution in [0.1, 0.15) is 18.7 Å². The third kappa shape index (κ3) is 5.34. The maximum absolute atomic E-state index is 11.8. The molecular formula is C15H24N3O5+. The Bertz CT molecular complexity index is 497. The van der Waals surface area contributed by atoms with Gasteiger partial charge in [-0.25, -0.2) is 0 Å². The minimum atomic E-state index is -0.749. The Morgan fingerprint density at radius 1 is 1.26 bits per heavy atom. The quantitative estimate of drug-likeness (QED) is 0.446. The summed E-state index contributed by atoms with van der Waals surface area (Å²) >= 11 is 0. The van der Waals surface area contributed by atoms with Crippen LogP contribution in [0, 0.1) is 0 Å². The summed E-state index contributed by atoms with van der Waals surface area (Å²) < 4.78 is 10.8. The van der Waals surface area contributed by atoms with E-state index in [9.17, 15) is 9.59 Å². The van der Waals surface area contributed by atoms with Gasteiger partial charge in [-0.05, 0) is 19.1 Å². The molecule has 1 fully saturated rings. The molecule has 0 bridgehead atoms. The van der Waals surface area contributed by atoms with Gasteiger partial charge in [0.05, 0.1) is 32.1 Å². The highest BCUT2D eigenvalue weighted by molar-refractivity contribution is 6.35. The van der Waals surface area contributed by atoms with E-state index in [0.29, 0.717) is 19.8 Å². The molecule has 8 heteroatoms. The number of carbonyl (C=O) groups excluding carboxylic acids is 2. The zero-order chi connectivity index (χ0) is 16.7. The van der Waals surface area contributed by atoms with Crippen LogP contribution in [0.15, 0.2) is 22.8 Å². The van der Waals surface area contributed by atoms with Gasteiger partial charge in [0.25, 0.3) is 0 Å². The van der Waals surface area contributed by atoms with E-state index in [2.05, 4.69) is 10.6 Å². The third-order valence-corrected chi connectivity index (χ3v) is 3.75. The molecule has 2 atom stereocenters. The normalized spacial score (nSPS) is 18.2. The van der Waals surface area contributed by atoms with E-state index in [-0.39, 0.29) is 12.6 Å². The van der Waals surface area contributed by atoms with E-state index in [4.69, 9.17) is 14.3 Å². The molecule has 23 heavy (non-hydrogen) atoms. The molecule has 1 aromatic rings. The molecule has 0 unspecified atom stereocenters. The number of hydrogen-bond donors (Lipinski definition) is 4. The maximum Gasteiger partial charge on any atom is 0.309 e. The summed E-state index contributed by atoms with van der Waals surface area (Å²) in [5.41, 5.74) is 0. The molecule has 1 aliphatic heterocycles. The number of quaternary nitrogens is 1. The van der Waals surface area contributed by atoms with Crippen molar-refractivity contribution in [3.05, 3.63) is 24.2 Å². The van der Waals surface area contributed by atoms with Gasteiger partial charge in [0.1, 0.15) is 13.1 Å². The lowest BCUT2D eigenvalue weighted by atomic mass is 10.1. The lowest BCUT2D eigenvalue weighted by Crippen LogP contribution is -3.15. The molecule has 0 aromatic carbocycles. The van der Waals surface area contributed by atoms with Crippen LogP contribution in [0.2, 0.25) is 0 Å². The Morgan fingerprint density at radius 3 is 2.48 bits per heavy atom. The minimum absolute atomic E-state index is 0.0442. The number of morpholine rings is 1. The van der Waals surface area contributed by atoms with E-state index in [0.717, 1.165) is 18.8 Å². The highest BCUT2D eigenvalue weighted by Crippen LogP contribution is 2.09. The maximum atomic E-state index is 11.8. The molecule has 4 N–H and O–H groups in total. The molecular weight excluding hydrogens is 302 g/mol. The Kier molecular flexibility index (Phi) is 6.57. The fourth-order valence-electron chi connectivity index (χ4n) is 2.51. The van der Waals surface area contributed by atoms with Crippen LogP contribution in [0.5, 0.6) is 0 Å². The Hall–Kier alpha value is -1.90. The number of aliphatic hydroxyl groups is 1. The average Bonchev–Trinajstić information content (AvgIpc) is 3.07. The first-order valence-electron chi connectivity index (χ1n) is 7.77. The van der Waals surface area contributed by atoms with Crippen LogP contribution in [0.4, 0.5) is 0 Å². The predicted molar refractivity (Wildman–Crippen MR) is 80.7 cm³/mol. The zero-order valence-electron chi connectivity index (χ0n) is 13.2.